The van der Waals surface area contributed by atoms with Crippen LogP contribution in [0.4, 0.5) is 32.4 Å². The lowest BCUT2D eigenvalue weighted by Gasteiger charge is -2.15. The Morgan fingerprint density at radius 2 is 1.81 bits per heavy atom. The summed E-state index contributed by atoms with van der Waals surface area (Å²) < 4.78 is 68.7. The molecule has 168 valence electrons. The molecule has 3 amide bonds. The number of aromatic nitrogens is 3. The molecule has 0 saturated heterocycles. The van der Waals surface area contributed by atoms with E-state index in [9.17, 15) is 36.6 Å². The maximum Gasteiger partial charge on any atom is 0.573 e. The Kier molecular flexibility index (Phi) is 6.16. The molecule has 0 bridgehead atoms. The molecule has 0 aliphatic carbocycles. The Morgan fingerprint density at radius 1 is 1.12 bits per heavy atom. The van der Waals surface area contributed by atoms with Gasteiger partial charge in [-0.3, -0.25) is 10.1 Å². The molecule has 3 rings (SSSR count). The van der Waals surface area contributed by atoms with Gasteiger partial charge in [0.25, 0.3) is 5.91 Å². The second-order valence-electron chi connectivity index (χ2n) is 5.90. The molecule has 9 nitrogen and oxygen atoms in total. The molecular weight excluding hydrogens is 469 g/mol. The number of carbonyl (C=O) groups is 2. The van der Waals surface area contributed by atoms with Crippen LogP contribution in [-0.2, 0) is 0 Å². The van der Waals surface area contributed by atoms with Gasteiger partial charge >= 0.3 is 18.4 Å². The largest absolute Gasteiger partial charge is 0.573 e. The first-order valence-electron chi connectivity index (χ1n) is 8.21. The minimum atomic E-state index is -5.15. The van der Waals surface area contributed by atoms with E-state index < -0.39 is 58.0 Å². The SMILES string of the molecule is O=C(NC(=O)c1cc(F)c(F)cc1Cl)Nc1ccc(-c2n[nH]c(O)n2)cc1OC(F)(F)F. The number of aromatic hydroxyl groups is 1. The Morgan fingerprint density at radius 3 is 2.44 bits per heavy atom. The Balaban J connectivity index is 1.83. The Bertz CT molecular complexity index is 1200. The van der Waals surface area contributed by atoms with Crippen molar-refractivity contribution in [1.82, 2.24) is 20.5 Å². The number of aromatic amines is 1. The van der Waals surface area contributed by atoms with Crippen LogP contribution in [0.2, 0.25) is 5.02 Å². The van der Waals surface area contributed by atoms with Crippen LogP contribution >= 0.6 is 11.6 Å². The fourth-order valence-corrected chi connectivity index (χ4v) is 2.61. The zero-order valence-corrected chi connectivity index (χ0v) is 16.0. The lowest BCUT2D eigenvalue weighted by atomic mass is 10.1. The topological polar surface area (TPSA) is 129 Å². The lowest BCUT2D eigenvalue weighted by molar-refractivity contribution is -0.274. The van der Waals surface area contributed by atoms with Gasteiger partial charge in [-0.05, 0) is 30.3 Å². The maximum absolute atomic E-state index is 13.3. The summed E-state index contributed by atoms with van der Waals surface area (Å²) in [5.41, 5.74) is -1.13. The first-order chi connectivity index (χ1) is 14.9. The number of hydrogen-bond donors (Lipinski definition) is 4. The predicted molar refractivity (Wildman–Crippen MR) is 98.0 cm³/mol. The van der Waals surface area contributed by atoms with Crippen LogP contribution in [0.3, 0.4) is 0 Å². The molecule has 0 unspecified atom stereocenters. The van der Waals surface area contributed by atoms with Gasteiger partial charge in [0.1, 0.15) is 0 Å². The van der Waals surface area contributed by atoms with E-state index in [1.54, 1.807) is 5.32 Å². The molecule has 1 heterocycles. The summed E-state index contributed by atoms with van der Waals surface area (Å²) in [6.07, 6.45) is -5.15. The average molecular weight is 478 g/mol. The number of ether oxygens (including phenoxy) is 1. The van der Waals surface area contributed by atoms with Crippen molar-refractivity contribution in [3.63, 3.8) is 0 Å². The van der Waals surface area contributed by atoms with Crippen molar-refractivity contribution >= 4 is 29.2 Å². The van der Waals surface area contributed by atoms with Crippen molar-refractivity contribution in [2.75, 3.05) is 5.32 Å². The van der Waals surface area contributed by atoms with E-state index in [1.807, 2.05) is 5.32 Å². The molecule has 0 aliphatic rings. The van der Waals surface area contributed by atoms with Gasteiger partial charge in [-0.15, -0.1) is 13.2 Å². The van der Waals surface area contributed by atoms with Crippen LogP contribution in [-0.4, -0.2) is 38.6 Å². The van der Waals surface area contributed by atoms with Crippen molar-refractivity contribution in [1.29, 1.82) is 0 Å². The molecule has 1 aromatic heterocycles. The fourth-order valence-electron chi connectivity index (χ4n) is 2.38. The van der Waals surface area contributed by atoms with Gasteiger partial charge < -0.3 is 15.2 Å². The van der Waals surface area contributed by atoms with Gasteiger partial charge in [-0.1, -0.05) is 11.6 Å². The van der Waals surface area contributed by atoms with Crippen molar-refractivity contribution in [3.8, 4) is 23.1 Å². The maximum atomic E-state index is 13.3. The molecule has 0 spiro atoms. The molecule has 4 N–H and O–H groups in total. The van der Waals surface area contributed by atoms with E-state index in [0.717, 1.165) is 12.1 Å². The quantitative estimate of drug-likeness (QED) is 0.332. The number of nitrogens with one attached hydrogen (secondary N) is 3. The zero-order chi connectivity index (χ0) is 23.6. The lowest BCUT2D eigenvalue weighted by Crippen LogP contribution is -2.35. The molecule has 0 fully saturated rings. The van der Waals surface area contributed by atoms with E-state index in [-0.39, 0.29) is 11.4 Å². The number of carbonyl (C=O) groups excluding carboxylic acids is 2. The number of alkyl halides is 3. The second-order valence-corrected chi connectivity index (χ2v) is 6.30. The standard InChI is InChI=1S/C17H9ClF5N5O4/c18-8-5-10(20)9(19)4-7(8)14(29)26-15(30)24-11-2-1-6(13-25-16(31)28-27-13)3-12(11)32-17(21,22)23/h1-5H,(H2,24,26,29,30)(H2,25,27,28,31). The normalized spacial score (nSPS) is 11.2. The number of imide groups is 1. The van der Waals surface area contributed by atoms with Crippen LogP contribution in [0.1, 0.15) is 10.4 Å². The van der Waals surface area contributed by atoms with E-state index in [4.69, 9.17) is 11.6 Å². The highest BCUT2D eigenvalue weighted by Gasteiger charge is 2.33. The predicted octanol–water partition coefficient (Wildman–Crippen LogP) is 3.97. The summed E-state index contributed by atoms with van der Waals surface area (Å²) in [5, 5.41) is 18.0. The van der Waals surface area contributed by atoms with Crippen LogP contribution in [0.25, 0.3) is 11.4 Å². The summed E-state index contributed by atoms with van der Waals surface area (Å²) in [5.74, 6) is -5.06. The summed E-state index contributed by atoms with van der Waals surface area (Å²) in [7, 11) is 0. The van der Waals surface area contributed by atoms with Gasteiger partial charge in [0, 0.05) is 5.56 Å². The van der Waals surface area contributed by atoms with Crippen LogP contribution in [0.5, 0.6) is 11.8 Å². The molecule has 0 atom stereocenters. The number of urea groups is 1. The molecule has 0 saturated carbocycles. The molecule has 15 heteroatoms. The van der Waals surface area contributed by atoms with E-state index in [0.29, 0.717) is 12.1 Å². The highest BCUT2D eigenvalue weighted by Crippen LogP contribution is 2.34. The van der Waals surface area contributed by atoms with Crippen LogP contribution in [0.15, 0.2) is 30.3 Å². The third-order valence-electron chi connectivity index (χ3n) is 3.67. The van der Waals surface area contributed by atoms with Crippen molar-refractivity contribution in [2.45, 2.75) is 6.36 Å². The Hall–Kier alpha value is -3.94. The number of amides is 3. The van der Waals surface area contributed by atoms with Crippen LogP contribution < -0.4 is 15.4 Å². The van der Waals surface area contributed by atoms with Gasteiger partial charge in [0.15, 0.2) is 23.2 Å². The number of H-pyrrole nitrogens is 1. The number of hydrogen-bond acceptors (Lipinski definition) is 6. The highest BCUT2D eigenvalue weighted by atomic mass is 35.5. The number of nitrogens with zero attached hydrogens (tertiary/aromatic N) is 2. The Labute approximate surface area is 179 Å². The minimum Gasteiger partial charge on any atom is -0.479 e. The van der Waals surface area contributed by atoms with Gasteiger partial charge in [-0.2, -0.15) is 10.1 Å². The smallest absolute Gasteiger partial charge is 0.479 e. The second kappa shape index (κ2) is 8.66. The van der Waals surface area contributed by atoms with E-state index >= 15 is 0 Å². The molecule has 32 heavy (non-hydrogen) atoms. The monoisotopic (exact) mass is 477 g/mol. The van der Waals surface area contributed by atoms with Crippen molar-refractivity contribution < 1.29 is 41.4 Å². The molecule has 0 aliphatic heterocycles. The molecule has 0 radical (unpaired) electrons. The first kappa shape index (κ1) is 22.7. The number of rotatable bonds is 4. The number of benzene rings is 2. The van der Waals surface area contributed by atoms with Gasteiger partial charge in [0.2, 0.25) is 0 Å². The summed E-state index contributed by atoms with van der Waals surface area (Å²) in [6.45, 7) is 0. The minimum absolute atomic E-state index is 0.0172. The summed E-state index contributed by atoms with van der Waals surface area (Å²) in [6, 6.07) is 2.03. The molecule has 2 aromatic carbocycles. The van der Waals surface area contributed by atoms with Gasteiger partial charge in [0.05, 0.1) is 16.3 Å². The summed E-state index contributed by atoms with van der Waals surface area (Å²) >= 11 is 5.64. The third-order valence-corrected chi connectivity index (χ3v) is 3.98. The number of halogens is 6. The summed E-state index contributed by atoms with van der Waals surface area (Å²) in [4.78, 5) is 27.7. The van der Waals surface area contributed by atoms with Gasteiger partial charge in [-0.25, -0.2) is 18.7 Å². The zero-order valence-electron chi connectivity index (χ0n) is 15.2. The van der Waals surface area contributed by atoms with E-state index in [1.165, 1.54) is 6.07 Å². The average Bonchev–Trinajstić information content (AvgIpc) is 3.11. The molecular formula is C17H9ClF5N5O4. The van der Waals surface area contributed by atoms with Crippen LogP contribution in [0, 0.1) is 11.6 Å². The van der Waals surface area contributed by atoms with E-state index in [2.05, 4.69) is 19.9 Å². The number of anilines is 1. The first-order valence-corrected chi connectivity index (χ1v) is 8.59. The molecule has 3 aromatic rings. The van der Waals surface area contributed by atoms with Crippen molar-refractivity contribution in [3.05, 3.63) is 52.6 Å². The third kappa shape index (κ3) is 5.40. The van der Waals surface area contributed by atoms with Crippen molar-refractivity contribution in [2.24, 2.45) is 0 Å². The highest BCUT2D eigenvalue weighted by molar-refractivity contribution is 6.34. The fraction of sp³-hybridized carbons (Fsp3) is 0.0588.